The topological polar surface area (TPSA) is 102 Å². The van der Waals surface area contributed by atoms with Crippen molar-refractivity contribution < 1.29 is 9.53 Å². The van der Waals surface area contributed by atoms with Gasteiger partial charge >= 0.3 is 5.97 Å². The number of fused-ring (bicyclic) bond motifs is 1. The number of esters is 1. The average molecular weight is 425 g/mol. The Hall–Kier alpha value is -3.30. The number of nitrogens with zero attached hydrogens (tertiary/aromatic N) is 8. The lowest BCUT2D eigenvalue weighted by Gasteiger charge is -2.37. The first-order chi connectivity index (χ1) is 15.0. The summed E-state index contributed by atoms with van der Waals surface area (Å²) in [4.78, 5) is 34.5. The lowest BCUT2D eigenvalue weighted by Crippen LogP contribution is -2.48. The van der Waals surface area contributed by atoms with Crippen LogP contribution in [-0.2, 0) is 16.0 Å². The highest BCUT2D eigenvalue weighted by Gasteiger charge is 2.25. The second kappa shape index (κ2) is 8.83. The molecule has 0 spiro atoms. The Morgan fingerprint density at radius 2 is 1.71 bits per heavy atom. The predicted octanol–water partition coefficient (Wildman–Crippen LogP) is 1.66. The molecule has 3 aromatic rings. The van der Waals surface area contributed by atoms with Gasteiger partial charge in [0.15, 0.2) is 0 Å². The largest absolute Gasteiger partial charge is 0.466 e. The molecule has 10 heteroatoms. The third kappa shape index (κ3) is 4.42. The standard InChI is InChI=1S/C21H28N8O2/c1-5-31-18(30)7-6-17-16(4)26-20-22-13-23-29(20)19(17)27-8-10-28(11-9-27)21-24-14(2)12-15(3)25-21/h12-13H,5-11H2,1-4H3. The molecule has 10 nitrogen and oxygen atoms in total. The van der Waals surface area contributed by atoms with Crippen LogP contribution in [0.5, 0.6) is 0 Å². The van der Waals surface area contributed by atoms with Crippen molar-refractivity contribution in [3.8, 4) is 0 Å². The van der Waals surface area contributed by atoms with E-state index in [4.69, 9.17) is 4.74 Å². The van der Waals surface area contributed by atoms with Crippen molar-refractivity contribution >= 4 is 23.5 Å². The van der Waals surface area contributed by atoms with E-state index in [1.165, 1.54) is 6.33 Å². The normalized spacial score (nSPS) is 14.3. The van der Waals surface area contributed by atoms with Gasteiger partial charge in [-0.2, -0.15) is 14.6 Å². The minimum atomic E-state index is -0.205. The lowest BCUT2D eigenvalue weighted by atomic mass is 10.1. The SMILES string of the molecule is CCOC(=O)CCc1c(C)nc2ncnn2c1N1CCN(c2nc(C)cc(C)n2)CC1. The fourth-order valence-corrected chi connectivity index (χ4v) is 4.01. The van der Waals surface area contributed by atoms with E-state index in [0.29, 0.717) is 25.2 Å². The number of hydrogen-bond acceptors (Lipinski definition) is 9. The Kier molecular flexibility index (Phi) is 5.97. The third-order valence-electron chi connectivity index (χ3n) is 5.42. The highest BCUT2D eigenvalue weighted by Crippen LogP contribution is 2.26. The van der Waals surface area contributed by atoms with Crippen LogP contribution in [0, 0.1) is 20.8 Å². The first-order valence-corrected chi connectivity index (χ1v) is 10.6. The summed E-state index contributed by atoms with van der Waals surface area (Å²) in [5.41, 5.74) is 3.81. The van der Waals surface area contributed by atoms with E-state index in [9.17, 15) is 4.79 Å². The van der Waals surface area contributed by atoms with Gasteiger partial charge in [0, 0.05) is 55.2 Å². The van der Waals surface area contributed by atoms with Crippen LogP contribution in [-0.4, -0.2) is 68.3 Å². The van der Waals surface area contributed by atoms with E-state index >= 15 is 0 Å². The Balaban J connectivity index is 1.59. The van der Waals surface area contributed by atoms with E-state index in [1.54, 1.807) is 4.52 Å². The molecule has 1 fully saturated rings. The van der Waals surface area contributed by atoms with Crippen molar-refractivity contribution in [3.63, 3.8) is 0 Å². The van der Waals surface area contributed by atoms with Gasteiger partial charge in [0.05, 0.1) is 6.61 Å². The molecule has 1 aliphatic heterocycles. The van der Waals surface area contributed by atoms with Crippen molar-refractivity contribution in [1.29, 1.82) is 0 Å². The molecule has 0 N–H and O–H groups in total. The van der Waals surface area contributed by atoms with Crippen LogP contribution in [0.15, 0.2) is 12.4 Å². The molecule has 0 bridgehead atoms. The van der Waals surface area contributed by atoms with Crippen LogP contribution in [0.4, 0.5) is 11.8 Å². The molecule has 164 valence electrons. The van der Waals surface area contributed by atoms with Crippen LogP contribution in [0.3, 0.4) is 0 Å². The van der Waals surface area contributed by atoms with Gasteiger partial charge in [-0.05, 0) is 40.2 Å². The number of anilines is 2. The molecular formula is C21H28N8O2. The summed E-state index contributed by atoms with van der Waals surface area (Å²) in [6.07, 6.45) is 2.36. The van der Waals surface area contributed by atoms with Gasteiger partial charge in [-0.3, -0.25) is 4.79 Å². The van der Waals surface area contributed by atoms with E-state index in [0.717, 1.165) is 60.6 Å². The van der Waals surface area contributed by atoms with Gasteiger partial charge in [0.1, 0.15) is 12.1 Å². The molecule has 0 unspecified atom stereocenters. The van der Waals surface area contributed by atoms with Gasteiger partial charge in [-0.1, -0.05) is 0 Å². The molecular weight excluding hydrogens is 396 g/mol. The average Bonchev–Trinajstić information content (AvgIpc) is 3.19. The Morgan fingerprint density at radius 1 is 1.03 bits per heavy atom. The zero-order chi connectivity index (χ0) is 22.0. The molecule has 31 heavy (non-hydrogen) atoms. The first kappa shape index (κ1) is 21.0. The summed E-state index contributed by atoms with van der Waals surface area (Å²) in [6.45, 7) is 11.3. The maximum absolute atomic E-state index is 12.0. The smallest absolute Gasteiger partial charge is 0.306 e. The highest BCUT2D eigenvalue weighted by molar-refractivity contribution is 5.70. The maximum atomic E-state index is 12.0. The lowest BCUT2D eigenvalue weighted by molar-refractivity contribution is -0.143. The number of hydrogen-bond donors (Lipinski definition) is 0. The number of aryl methyl sites for hydroxylation is 3. The van der Waals surface area contributed by atoms with Gasteiger partial charge < -0.3 is 14.5 Å². The monoisotopic (exact) mass is 424 g/mol. The van der Waals surface area contributed by atoms with Crippen LogP contribution < -0.4 is 9.80 Å². The predicted molar refractivity (Wildman–Crippen MR) is 116 cm³/mol. The number of carbonyl (C=O) groups is 1. The molecule has 0 saturated carbocycles. The zero-order valence-corrected chi connectivity index (χ0v) is 18.5. The molecule has 0 aliphatic carbocycles. The molecule has 4 heterocycles. The number of aromatic nitrogens is 6. The minimum Gasteiger partial charge on any atom is -0.466 e. The Bertz CT molecular complexity index is 1070. The summed E-state index contributed by atoms with van der Waals surface area (Å²) >= 11 is 0. The fourth-order valence-electron chi connectivity index (χ4n) is 4.01. The molecule has 3 aromatic heterocycles. The fraction of sp³-hybridized carbons (Fsp3) is 0.524. The number of carbonyl (C=O) groups excluding carboxylic acids is 1. The van der Waals surface area contributed by atoms with Gasteiger partial charge in [-0.15, -0.1) is 0 Å². The van der Waals surface area contributed by atoms with E-state index in [2.05, 4.69) is 34.8 Å². The van der Waals surface area contributed by atoms with Crippen LogP contribution in [0.1, 0.15) is 36.0 Å². The molecule has 0 radical (unpaired) electrons. The first-order valence-electron chi connectivity index (χ1n) is 10.6. The summed E-state index contributed by atoms with van der Waals surface area (Å²) in [7, 11) is 0. The molecule has 0 atom stereocenters. The third-order valence-corrected chi connectivity index (χ3v) is 5.42. The summed E-state index contributed by atoms with van der Waals surface area (Å²) in [5, 5.41) is 4.41. The van der Waals surface area contributed by atoms with Crippen molar-refractivity contribution in [2.75, 3.05) is 42.6 Å². The summed E-state index contributed by atoms with van der Waals surface area (Å²) in [6, 6.07) is 1.98. The molecule has 4 rings (SSSR count). The summed E-state index contributed by atoms with van der Waals surface area (Å²) in [5.74, 6) is 2.08. The second-order valence-electron chi connectivity index (χ2n) is 7.70. The Labute approximate surface area is 181 Å². The van der Waals surface area contributed by atoms with Crippen molar-refractivity contribution in [2.24, 2.45) is 0 Å². The molecule has 1 saturated heterocycles. The van der Waals surface area contributed by atoms with E-state index < -0.39 is 0 Å². The van der Waals surface area contributed by atoms with Gasteiger partial charge in [0.25, 0.3) is 5.78 Å². The molecule has 0 amide bonds. The minimum absolute atomic E-state index is 0.205. The number of piperazine rings is 1. The van der Waals surface area contributed by atoms with Crippen molar-refractivity contribution in [2.45, 2.75) is 40.5 Å². The van der Waals surface area contributed by atoms with Crippen molar-refractivity contribution in [1.82, 2.24) is 29.5 Å². The van der Waals surface area contributed by atoms with Crippen LogP contribution in [0.2, 0.25) is 0 Å². The zero-order valence-electron chi connectivity index (χ0n) is 18.5. The quantitative estimate of drug-likeness (QED) is 0.547. The maximum Gasteiger partial charge on any atom is 0.306 e. The highest BCUT2D eigenvalue weighted by atomic mass is 16.5. The van der Waals surface area contributed by atoms with Crippen LogP contribution in [0.25, 0.3) is 5.78 Å². The molecule has 0 aromatic carbocycles. The second-order valence-corrected chi connectivity index (χ2v) is 7.70. The summed E-state index contributed by atoms with van der Waals surface area (Å²) < 4.78 is 6.89. The van der Waals surface area contributed by atoms with Gasteiger partial charge in [-0.25, -0.2) is 15.0 Å². The van der Waals surface area contributed by atoms with E-state index in [-0.39, 0.29) is 5.97 Å². The van der Waals surface area contributed by atoms with Crippen molar-refractivity contribution in [3.05, 3.63) is 35.0 Å². The Morgan fingerprint density at radius 3 is 2.39 bits per heavy atom. The van der Waals surface area contributed by atoms with E-state index in [1.807, 2.05) is 33.8 Å². The number of ether oxygens (including phenoxy) is 1. The van der Waals surface area contributed by atoms with Gasteiger partial charge in [0.2, 0.25) is 5.95 Å². The van der Waals surface area contributed by atoms with Crippen LogP contribution >= 0.6 is 0 Å². The molecule has 1 aliphatic rings. The number of rotatable bonds is 6.